The monoisotopic (exact) mass is 361 g/mol. The molecule has 0 aromatic heterocycles. The molecule has 7 nitrogen and oxygen atoms in total. The maximum absolute atomic E-state index is 12.7. The Labute approximate surface area is 146 Å². The summed E-state index contributed by atoms with van der Waals surface area (Å²) >= 11 is 0. The molecule has 0 radical (unpaired) electrons. The molecule has 8 heteroatoms. The summed E-state index contributed by atoms with van der Waals surface area (Å²) in [6.07, 6.45) is 0.800. The van der Waals surface area contributed by atoms with Gasteiger partial charge in [0.05, 0.1) is 10.6 Å². The van der Waals surface area contributed by atoms with E-state index in [0.717, 1.165) is 22.4 Å². The van der Waals surface area contributed by atoms with E-state index in [9.17, 15) is 18.5 Å². The van der Waals surface area contributed by atoms with Crippen LogP contribution in [0.3, 0.4) is 0 Å². The lowest BCUT2D eigenvalue weighted by atomic mass is 9.99. The van der Waals surface area contributed by atoms with E-state index in [1.54, 1.807) is 0 Å². The van der Waals surface area contributed by atoms with Crippen LogP contribution in [-0.2, 0) is 23.0 Å². The van der Waals surface area contributed by atoms with Crippen molar-refractivity contribution in [3.05, 3.63) is 63.7 Å². The highest BCUT2D eigenvalue weighted by Crippen LogP contribution is 2.33. The number of non-ortho nitro benzene ring substituents is 1. The average Bonchev–Trinajstić information content (AvgIpc) is 2.60. The predicted molar refractivity (Wildman–Crippen MR) is 95.2 cm³/mol. The van der Waals surface area contributed by atoms with Crippen molar-refractivity contribution in [2.24, 2.45) is 0 Å². The van der Waals surface area contributed by atoms with Crippen molar-refractivity contribution < 1.29 is 13.3 Å². The molecule has 3 rings (SSSR count). The average molecular weight is 361 g/mol. The van der Waals surface area contributed by atoms with Crippen LogP contribution in [0.1, 0.15) is 11.1 Å². The second-order valence-corrected chi connectivity index (χ2v) is 8.26. The minimum absolute atomic E-state index is 0.0360. The number of hydrogen-bond donors (Lipinski definition) is 0. The van der Waals surface area contributed by atoms with Crippen LogP contribution in [0.15, 0.2) is 47.4 Å². The number of nitrogens with zero attached hydrogens (tertiary/aromatic N) is 3. The molecular formula is C17H19N3O4S. The fourth-order valence-corrected chi connectivity index (χ4v) is 4.11. The van der Waals surface area contributed by atoms with Crippen molar-refractivity contribution in [3.8, 4) is 0 Å². The third-order valence-electron chi connectivity index (χ3n) is 4.38. The van der Waals surface area contributed by atoms with Gasteiger partial charge in [-0.2, -0.15) is 0 Å². The largest absolute Gasteiger partial charge is 0.366 e. The minimum Gasteiger partial charge on any atom is -0.366 e. The molecule has 25 heavy (non-hydrogen) atoms. The zero-order valence-corrected chi connectivity index (χ0v) is 14.9. The van der Waals surface area contributed by atoms with Crippen LogP contribution in [0.4, 0.5) is 11.4 Å². The number of nitro benzene ring substituents is 1. The van der Waals surface area contributed by atoms with Gasteiger partial charge in [0.2, 0.25) is 10.0 Å². The van der Waals surface area contributed by atoms with Gasteiger partial charge < -0.3 is 4.90 Å². The molecule has 0 aliphatic carbocycles. The Morgan fingerprint density at radius 3 is 2.44 bits per heavy atom. The molecule has 0 saturated carbocycles. The molecule has 1 aliphatic rings. The topological polar surface area (TPSA) is 83.8 Å². The molecule has 0 amide bonds. The van der Waals surface area contributed by atoms with Crippen LogP contribution in [0, 0.1) is 10.1 Å². The zero-order valence-electron chi connectivity index (χ0n) is 14.0. The van der Waals surface area contributed by atoms with E-state index in [1.807, 2.05) is 23.1 Å². The van der Waals surface area contributed by atoms with E-state index in [4.69, 9.17) is 0 Å². The normalized spacial score (nSPS) is 14.4. The molecule has 1 heterocycles. The number of anilines is 1. The van der Waals surface area contributed by atoms with Crippen LogP contribution < -0.4 is 4.90 Å². The van der Waals surface area contributed by atoms with Crippen LogP contribution in [-0.4, -0.2) is 38.3 Å². The van der Waals surface area contributed by atoms with Crippen molar-refractivity contribution in [3.63, 3.8) is 0 Å². The molecular weight excluding hydrogens is 342 g/mol. The standard InChI is InChI=1S/C17H19N3O4S/c1-18(2)25(23,24)17-11-15(20(21)22)7-8-16(17)19-10-9-13-5-3-4-6-14(13)12-19/h3-8,11H,9-10,12H2,1-2H3. The Bertz CT molecular complexity index is 925. The van der Waals surface area contributed by atoms with Crippen LogP contribution in [0.2, 0.25) is 0 Å². The third-order valence-corrected chi connectivity index (χ3v) is 6.23. The SMILES string of the molecule is CN(C)S(=O)(=O)c1cc([N+](=O)[O-])ccc1N1CCc2ccccc2C1. The van der Waals surface area contributed by atoms with Crippen molar-refractivity contribution in [2.75, 3.05) is 25.5 Å². The van der Waals surface area contributed by atoms with E-state index in [-0.39, 0.29) is 10.6 Å². The maximum Gasteiger partial charge on any atom is 0.270 e. The number of nitro groups is 1. The van der Waals surface area contributed by atoms with Gasteiger partial charge in [-0.05, 0) is 23.6 Å². The molecule has 2 aromatic carbocycles. The number of rotatable bonds is 4. The van der Waals surface area contributed by atoms with Gasteiger partial charge in [0.15, 0.2) is 0 Å². The van der Waals surface area contributed by atoms with E-state index in [2.05, 4.69) is 6.07 Å². The van der Waals surface area contributed by atoms with Gasteiger partial charge in [0.1, 0.15) is 4.90 Å². The Balaban J connectivity index is 2.09. The molecule has 0 unspecified atom stereocenters. The highest BCUT2D eigenvalue weighted by Gasteiger charge is 2.28. The molecule has 0 saturated heterocycles. The van der Waals surface area contributed by atoms with E-state index >= 15 is 0 Å². The van der Waals surface area contributed by atoms with Crippen molar-refractivity contribution in [1.82, 2.24) is 4.31 Å². The number of sulfonamides is 1. The highest BCUT2D eigenvalue weighted by atomic mass is 32.2. The Morgan fingerprint density at radius 2 is 1.80 bits per heavy atom. The lowest BCUT2D eigenvalue weighted by Gasteiger charge is -2.32. The van der Waals surface area contributed by atoms with Gasteiger partial charge in [-0.3, -0.25) is 10.1 Å². The van der Waals surface area contributed by atoms with E-state index in [0.29, 0.717) is 18.8 Å². The fraction of sp³-hybridized carbons (Fsp3) is 0.294. The fourth-order valence-electron chi connectivity index (χ4n) is 2.98. The van der Waals surface area contributed by atoms with E-state index < -0.39 is 14.9 Å². The Morgan fingerprint density at radius 1 is 1.12 bits per heavy atom. The highest BCUT2D eigenvalue weighted by molar-refractivity contribution is 7.89. The van der Waals surface area contributed by atoms with E-state index in [1.165, 1.54) is 31.8 Å². The van der Waals surface area contributed by atoms with Gasteiger partial charge in [0.25, 0.3) is 5.69 Å². The van der Waals surface area contributed by atoms with Gasteiger partial charge in [-0.1, -0.05) is 24.3 Å². The number of benzene rings is 2. The summed E-state index contributed by atoms with van der Waals surface area (Å²) in [5.41, 5.74) is 2.65. The summed E-state index contributed by atoms with van der Waals surface area (Å²) in [5, 5.41) is 11.1. The third kappa shape index (κ3) is 3.22. The van der Waals surface area contributed by atoms with Crippen LogP contribution in [0.5, 0.6) is 0 Å². The first-order valence-corrected chi connectivity index (χ1v) is 9.27. The molecule has 132 valence electrons. The summed E-state index contributed by atoms with van der Waals surface area (Å²) in [6.45, 7) is 1.23. The smallest absolute Gasteiger partial charge is 0.270 e. The van der Waals surface area contributed by atoms with Crippen molar-refractivity contribution in [2.45, 2.75) is 17.9 Å². The molecule has 0 bridgehead atoms. The lowest BCUT2D eigenvalue weighted by molar-refractivity contribution is -0.385. The summed E-state index contributed by atoms with van der Waals surface area (Å²) in [4.78, 5) is 12.4. The second kappa shape index (κ2) is 6.45. The number of hydrogen-bond acceptors (Lipinski definition) is 5. The van der Waals surface area contributed by atoms with Gasteiger partial charge in [0, 0.05) is 39.3 Å². The Kier molecular flexibility index (Phi) is 4.49. The quantitative estimate of drug-likeness (QED) is 0.617. The van der Waals surface area contributed by atoms with Crippen molar-refractivity contribution >= 4 is 21.4 Å². The first-order chi connectivity index (χ1) is 11.8. The summed E-state index contributed by atoms with van der Waals surface area (Å²) < 4.78 is 26.5. The van der Waals surface area contributed by atoms with Gasteiger partial charge in [-0.15, -0.1) is 0 Å². The minimum atomic E-state index is -3.80. The molecule has 0 fully saturated rings. The van der Waals surface area contributed by atoms with Crippen LogP contribution in [0.25, 0.3) is 0 Å². The number of fused-ring (bicyclic) bond motifs is 1. The van der Waals surface area contributed by atoms with Crippen molar-refractivity contribution in [1.29, 1.82) is 0 Å². The lowest BCUT2D eigenvalue weighted by Crippen LogP contribution is -2.32. The molecule has 0 N–H and O–H groups in total. The molecule has 0 spiro atoms. The second-order valence-electron chi connectivity index (χ2n) is 6.14. The molecule has 1 aliphatic heterocycles. The first-order valence-electron chi connectivity index (χ1n) is 7.83. The van der Waals surface area contributed by atoms with Gasteiger partial charge in [-0.25, -0.2) is 12.7 Å². The summed E-state index contributed by atoms with van der Waals surface area (Å²) in [6, 6.07) is 12.1. The molecule has 0 atom stereocenters. The molecule has 2 aromatic rings. The maximum atomic E-state index is 12.7. The summed E-state index contributed by atoms with van der Waals surface area (Å²) in [5.74, 6) is 0. The van der Waals surface area contributed by atoms with Crippen LogP contribution >= 0.6 is 0 Å². The zero-order chi connectivity index (χ0) is 18.2. The summed E-state index contributed by atoms with van der Waals surface area (Å²) in [7, 11) is -0.963. The predicted octanol–water partition coefficient (Wildman–Crippen LogP) is 2.41. The first kappa shape index (κ1) is 17.4. The van der Waals surface area contributed by atoms with Gasteiger partial charge >= 0.3 is 0 Å². The Hall–Kier alpha value is -2.45.